The van der Waals surface area contributed by atoms with Gasteiger partial charge in [-0.3, -0.25) is 4.68 Å². The monoisotopic (exact) mass is 274 g/mol. The van der Waals surface area contributed by atoms with Crippen LogP contribution in [-0.2, 0) is 11.3 Å². The maximum absolute atomic E-state index is 9.90. The molecule has 0 saturated heterocycles. The first-order chi connectivity index (χ1) is 9.79. The van der Waals surface area contributed by atoms with Crippen molar-refractivity contribution in [1.82, 2.24) is 9.78 Å². The van der Waals surface area contributed by atoms with Gasteiger partial charge in [-0.15, -0.1) is 0 Å². The van der Waals surface area contributed by atoms with E-state index >= 15 is 0 Å². The van der Waals surface area contributed by atoms with Crippen molar-refractivity contribution >= 4 is 0 Å². The molecular formula is C16H22N2O2. The van der Waals surface area contributed by atoms with Gasteiger partial charge < -0.3 is 9.84 Å². The molecule has 1 aromatic carbocycles. The zero-order valence-corrected chi connectivity index (χ0v) is 11.9. The predicted molar refractivity (Wildman–Crippen MR) is 79.4 cm³/mol. The number of aliphatic hydroxyl groups excluding tert-OH is 1. The van der Waals surface area contributed by atoms with Crippen molar-refractivity contribution in [3.63, 3.8) is 0 Å². The first-order valence-corrected chi connectivity index (χ1v) is 7.13. The molecule has 1 N–H and O–H groups in total. The highest BCUT2D eigenvalue weighted by Crippen LogP contribution is 2.17. The molecule has 0 aliphatic rings. The molecule has 1 atom stereocenters. The fourth-order valence-corrected chi connectivity index (χ4v) is 1.98. The second-order valence-corrected chi connectivity index (χ2v) is 4.90. The maximum Gasteiger partial charge on any atom is 0.0968 e. The van der Waals surface area contributed by atoms with Crippen molar-refractivity contribution in [2.75, 3.05) is 13.2 Å². The molecular weight excluding hydrogens is 252 g/mol. The molecule has 4 nitrogen and oxygen atoms in total. The Bertz CT molecular complexity index is 496. The van der Waals surface area contributed by atoms with Crippen LogP contribution >= 0.6 is 0 Å². The van der Waals surface area contributed by atoms with E-state index in [1.165, 1.54) is 0 Å². The summed E-state index contributed by atoms with van der Waals surface area (Å²) in [5, 5.41) is 14.2. The Morgan fingerprint density at radius 1 is 1.25 bits per heavy atom. The fourth-order valence-electron chi connectivity index (χ4n) is 1.98. The molecule has 1 unspecified atom stereocenters. The minimum Gasteiger partial charge on any atom is -0.389 e. The van der Waals surface area contributed by atoms with Crippen LogP contribution in [0.1, 0.15) is 19.8 Å². The highest BCUT2D eigenvalue weighted by atomic mass is 16.5. The third kappa shape index (κ3) is 4.47. The third-order valence-electron chi connectivity index (χ3n) is 3.09. The van der Waals surface area contributed by atoms with E-state index in [9.17, 15) is 5.11 Å². The number of ether oxygens (including phenoxy) is 1. The van der Waals surface area contributed by atoms with Gasteiger partial charge in [0.05, 0.1) is 25.5 Å². The predicted octanol–water partition coefficient (Wildman–Crippen LogP) is 2.73. The molecule has 2 aromatic rings. The van der Waals surface area contributed by atoms with E-state index in [1.54, 1.807) is 4.68 Å². The lowest BCUT2D eigenvalue weighted by molar-refractivity contribution is 0.0254. The van der Waals surface area contributed by atoms with E-state index in [4.69, 9.17) is 4.74 Å². The van der Waals surface area contributed by atoms with Gasteiger partial charge in [0.2, 0.25) is 0 Å². The summed E-state index contributed by atoms with van der Waals surface area (Å²) in [5.74, 6) is 0. The van der Waals surface area contributed by atoms with Crippen molar-refractivity contribution in [1.29, 1.82) is 0 Å². The second kappa shape index (κ2) is 7.82. The lowest BCUT2D eigenvalue weighted by Crippen LogP contribution is -2.22. The van der Waals surface area contributed by atoms with E-state index in [2.05, 4.69) is 12.0 Å². The maximum atomic E-state index is 9.90. The molecule has 1 heterocycles. The minimum absolute atomic E-state index is 0.362. The average molecular weight is 274 g/mol. The van der Waals surface area contributed by atoms with E-state index in [1.807, 2.05) is 42.7 Å². The summed E-state index contributed by atoms with van der Waals surface area (Å²) in [7, 11) is 0. The Labute approximate surface area is 120 Å². The van der Waals surface area contributed by atoms with E-state index in [0.717, 1.165) is 24.0 Å². The van der Waals surface area contributed by atoms with Crippen LogP contribution < -0.4 is 0 Å². The number of rotatable bonds is 8. The molecule has 108 valence electrons. The number of unbranched alkanes of at least 4 members (excludes halogenated alkanes) is 1. The first-order valence-electron chi connectivity index (χ1n) is 7.13. The molecule has 0 spiro atoms. The molecule has 0 amide bonds. The van der Waals surface area contributed by atoms with Gasteiger partial charge in [-0.1, -0.05) is 43.7 Å². The summed E-state index contributed by atoms with van der Waals surface area (Å²) >= 11 is 0. The molecule has 0 aliphatic heterocycles. The molecule has 0 radical (unpaired) electrons. The van der Waals surface area contributed by atoms with E-state index in [0.29, 0.717) is 19.8 Å². The normalized spacial score (nSPS) is 12.5. The molecule has 20 heavy (non-hydrogen) atoms. The average Bonchev–Trinajstić information content (AvgIpc) is 2.93. The Balaban J connectivity index is 1.83. The molecule has 2 rings (SSSR count). The summed E-state index contributed by atoms with van der Waals surface area (Å²) in [6.45, 7) is 3.65. The van der Waals surface area contributed by atoms with Gasteiger partial charge in [0.1, 0.15) is 0 Å². The SMILES string of the molecule is CCCCOCC(O)Cn1cc(-c2ccccc2)cn1. The number of aliphatic hydroxyl groups is 1. The molecule has 4 heteroatoms. The molecule has 0 aliphatic carbocycles. The number of nitrogens with zero attached hydrogens (tertiary/aromatic N) is 2. The van der Waals surface area contributed by atoms with Gasteiger partial charge in [-0.25, -0.2) is 0 Å². The van der Waals surface area contributed by atoms with Crippen LogP contribution in [0.3, 0.4) is 0 Å². The minimum atomic E-state index is -0.518. The van der Waals surface area contributed by atoms with Crippen molar-refractivity contribution < 1.29 is 9.84 Å². The first kappa shape index (κ1) is 14.8. The topological polar surface area (TPSA) is 47.3 Å². The Hall–Kier alpha value is -1.65. The number of aromatic nitrogens is 2. The van der Waals surface area contributed by atoms with Crippen LogP contribution in [0.4, 0.5) is 0 Å². The summed E-state index contributed by atoms with van der Waals surface area (Å²) in [6, 6.07) is 10.1. The summed E-state index contributed by atoms with van der Waals surface area (Å²) < 4.78 is 7.17. The Morgan fingerprint density at radius 2 is 2.05 bits per heavy atom. The smallest absolute Gasteiger partial charge is 0.0968 e. The van der Waals surface area contributed by atoms with Gasteiger partial charge in [-0.2, -0.15) is 5.10 Å². The van der Waals surface area contributed by atoms with Crippen molar-refractivity contribution in [3.05, 3.63) is 42.7 Å². The fraction of sp³-hybridized carbons (Fsp3) is 0.438. The van der Waals surface area contributed by atoms with Crippen molar-refractivity contribution in [2.24, 2.45) is 0 Å². The van der Waals surface area contributed by atoms with Gasteiger partial charge in [0.15, 0.2) is 0 Å². The van der Waals surface area contributed by atoms with E-state index < -0.39 is 6.10 Å². The van der Waals surface area contributed by atoms with Crippen LogP contribution in [0.25, 0.3) is 11.1 Å². The van der Waals surface area contributed by atoms with Crippen LogP contribution in [0.5, 0.6) is 0 Å². The zero-order valence-electron chi connectivity index (χ0n) is 11.9. The number of hydrogen-bond acceptors (Lipinski definition) is 3. The van der Waals surface area contributed by atoms with Crippen molar-refractivity contribution in [2.45, 2.75) is 32.4 Å². The van der Waals surface area contributed by atoms with Crippen LogP contribution in [0.2, 0.25) is 0 Å². The lowest BCUT2D eigenvalue weighted by atomic mass is 10.1. The molecule has 0 bridgehead atoms. The highest BCUT2D eigenvalue weighted by molar-refractivity contribution is 5.61. The van der Waals surface area contributed by atoms with Crippen LogP contribution in [0.15, 0.2) is 42.7 Å². The Kier molecular flexibility index (Phi) is 5.77. The van der Waals surface area contributed by atoms with Crippen LogP contribution in [-0.4, -0.2) is 34.2 Å². The van der Waals surface area contributed by atoms with Gasteiger partial charge >= 0.3 is 0 Å². The van der Waals surface area contributed by atoms with Gasteiger partial charge in [0.25, 0.3) is 0 Å². The number of benzene rings is 1. The van der Waals surface area contributed by atoms with Gasteiger partial charge in [0, 0.05) is 18.4 Å². The summed E-state index contributed by atoms with van der Waals surface area (Å²) in [4.78, 5) is 0. The second-order valence-electron chi connectivity index (χ2n) is 4.90. The third-order valence-corrected chi connectivity index (χ3v) is 3.09. The largest absolute Gasteiger partial charge is 0.389 e. The molecule has 0 saturated carbocycles. The van der Waals surface area contributed by atoms with Crippen molar-refractivity contribution in [3.8, 4) is 11.1 Å². The quantitative estimate of drug-likeness (QED) is 0.753. The van der Waals surface area contributed by atoms with Gasteiger partial charge in [-0.05, 0) is 12.0 Å². The molecule has 1 aromatic heterocycles. The number of hydrogen-bond donors (Lipinski definition) is 1. The highest BCUT2D eigenvalue weighted by Gasteiger charge is 2.07. The molecule has 0 fully saturated rings. The summed E-state index contributed by atoms with van der Waals surface area (Å²) in [5.41, 5.74) is 2.19. The lowest BCUT2D eigenvalue weighted by Gasteiger charge is -2.11. The zero-order chi connectivity index (χ0) is 14.2. The Morgan fingerprint density at radius 3 is 2.80 bits per heavy atom. The van der Waals surface area contributed by atoms with E-state index in [-0.39, 0.29) is 0 Å². The van der Waals surface area contributed by atoms with Crippen LogP contribution in [0, 0.1) is 0 Å². The summed E-state index contributed by atoms with van der Waals surface area (Å²) in [6.07, 6.45) is 5.39. The standard InChI is InChI=1S/C16H22N2O2/c1-2-3-9-20-13-16(19)12-18-11-15(10-17-18)14-7-5-4-6-8-14/h4-8,10-11,16,19H,2-3,9,12-13H2,1H3.